The molecule has 1 fully saturated rings. The molecular weight excluding hydrogens is 373 g/mol. The molecule has 1 aliphatic rings. The first kappa shape index (κ1) is 21.5. The third-order valence-electron chi connectivity index (χ3n) is 4.82. The highest BCUT2D eigenvalue weighted by Crippen LogP contribution is 2.32. The molecular formula is C21H24ClF3N2. The summed E-state index contributed by atoms with van der Waals surface area (Å²) in [5, 5.41) is 3.36. The molecule has 0 aromatic heterocycles. The molecule has 1 atom stereocenters. The zero-order chi connectivity index (χ0) is 18.6. The number of nitrogens with zero attached hydrogens (tertiary/aromatic N) is 1. The topological polar surface area (TPSA) is 15.3 Å². The van der Waals surface area contributed by atoms with E-state index in [0.29, 0.717) is 0 Å². The van der Waals surface area contributed by atoms with Crippen LogP contribution in [0.25, 0.3) is 11.1 Å². The number of halogens is 4. The molecule has 2 aromatic carbocycles. The third-order valence-corrected chi connectivity index (χ3v) is 4.82. The average molecular weight is 397 g/mol. The maximum atomic E-state index is 12.7. The maximum Gasteiger partial charge on any atom is 0.416 e. The SMILES string of the molecule is C=CC[C@H](c1ccc(-c2ccc(C(F)(F)F)cc2)cc1)N1CCNCC1.Cl. The van der Waals surface area contributed by atoms with Gasteiger partial charge in [0.2, 0.25) is 0 Å². The Bertz CT molecular complexity index is 721. The molecule has 2 nitrogen and oxygen atoms in total. The Morgan fingerprint density at radius 2 is 1.48 bits per heavy atom. The number of piperazine rings is 1. The number of hydrogen-bond acceptors (Lipinski definition) is 2. The van der Waals surface area contributed by atoms with Gasteiger partial charge >= 0.3 is 6.18 Å². The summed E-state index contributed by atoms with van der Waals surface area (Å²) < 4.78 is 38.1. The van der Waals surface area contributed by atoms with Crippen LogP contribution < -0.4 is 5.32 Å². The van der Waals surface area contributed by atoms with Crippen molar-refractivity contribution in [2.75, 3.05) is 26.2 Å². The maximum absolute atomic E-state index is 12.7. The zero-order valence-corrected chi connectivity index (χ0v) is 15.8. The largest absolute Gasteiger partial charge is 0.416 e. The van der Waals surface area contributed by atoms with Crippen LogP contribution in [-0.4, -0.2) is 31.1 Å². The summed E-state index contributed by atoms with van der Waals surface area (Å²) in [6, 6.07) is 13.7. The predicted molar refractivity (Wildman–Crippen MR) is 106 cm³/mol. The smallest absolute Gasteiger partial charge is 0.314 e. The normalized spacial score (nSPS) is 16.4. The molecule has 3 rings (SSSR count). The predicted octanol–water partition coefficient (Wildman–Crippen LogP) is 5.32. The number of nitrogens with one attached hydrogen (secondary N) is 1. The van der Waals surface area contributed by atoms with E-state index >= 15 is 0 Å². The highest BCUT2D eigenvalue weighted by atomic mass is 35.5. The lowest BCUT2D eigenvalue weighted by molar-refractivity contribution is -0.137. The van der Waals surface area contributed by atoms with E-state index in [4.69, 9.17) is 0 Å². The summed E-state index contributed by atoms with van der Waals surface area (Å²) in [6.45, 7) is 7.84. The standard InChI is InChI=1S/C21H23F3N2.ClH/c1-2-3-20(26-14-12-25-13-15-26)18-6-4-16(5-7-18)17-8-10-19(11-9-17)21(22,23)24;/h2,4-11,20,25H,1,3,12-15H2;1H/t20-;/m1./s1. The van der Waals surface area contributed by atoms with E-state index < -0.39 is 11.7 Å². The van der Waals surface area contributed by atoms with Gasteiger partial charge in [-0.2, -0.15) is 13.2 Å². The van der Waals surface area contributed by atoms with E-state index in [1.165, 1.54) is 17.7 Å². The van der Waals surface area contributed by atoms with E-state index in [0.717, 1.165) is 55.9 Å². The minimum Gasteiger partial charge on any atom is -0.314 e. The van der Waals surface area contributed by atoms with Gasteiger partial charge in [-0.25, -0.2) is 0 Å². The second-order valence-electron chi connectivity index (χ2n) is 6.52. The van der Waals surface area contributed by atoms with Gasteiger partial charge in [-0.05, 0) is 35.2 Å². The molecule has 0 saturated carbocycles. The summed E-state index contributed by atoms with van der Waals surface area (Å²) in [6.07, 6.45) is -1.49. The molecule has 1 N–H and O–H groups in total. The van der Waals surface area contributed by atoms with Gasteiger partial charge in [-0.15, -0.1) is 19.0 Å². The van der Waals surface area contributed by atoms with E-state index in [1.807, 2.05) is 18.2 Å². The van der Waals surface area contributed by atoms with Gasteiger partial charge in [0.25, 0.3) is 0 Å². The lowest BCUT2D eigenvalue weighted by Crippen LogP contribution is -2.45. The number of alkyl halides is 3. The van der Waals surface area contributed by atoms with Gasteiger partial charge < -0.3 is 5.32 Å². The van der Waals surface area contributed by atoms with Gasteiger partial charge in [0.1, 0.15) is 0 Å². The van der Waals surface area contributed by atoms with Crippen LogP contribution in [-0.2, 0) is 6.18 Å². The Morgan fingerprint density at radius 1 is 0.963 bits per heavy atom. The summed E-state index contributed by atoms with van der Waals surface area (Å²) in [4.78, 5) is 2.45. The Kier molecular flexibility index (Phi) is 7.48. The fraction of sp³-hybridized carbons (Fsp3) is 0.333. The minimum atomic E-state index is -4.30. The minimum absolute atomic E-state index is 0. The lowest BCUT2D eigenvalue weighted by Gasteiger charge is -2.34. The second kappa shape index (κ2) is 9.40. The van der Waals surface area contributed by atoms with Crippen molar-refractivity contribution in [1.29, 1.82) is 0 Å². The Balaban J connectivity index is 0.00000261. The quantitative estimate of drug-likeness (QED) is 0.688. The van der Waals surface area contributed by atoms with E-state index in [2.05, 4.69) is 28.9 Å². The van der Waals surface area contributed by atoms with Crippen molar-refractivity contribution in [3.63, 3.8) is 0 Å². The molecule has 2 aromatic rings. The molecule has 0 spiro atoms. The van der Waals surface area contributed by atoms with Crippen molar-refractivity contribution in [2.24, 2.45) is 0 Å². The molecule has 0 amide bonds. The fourth-order valence-corrected chi connectivity index (χ4v) is 3.40. The number of rotatable bonds is 5. The van der Waals surface area contributed by atoms with Gasteiger partial charge in [0.05, 0.1) is 5.56 Å². The van der Waals surface area contributed by atoms with Crippen LogP contribution in [0.15, 0.2) is 61.2 Å². The molecule has 6 heteroatoms. The summed E-state index contributed by atoms with van der Waals surface area (Å²) in [5.74, 6) is 0. The average Bonchev–Trinajstić information content (AvgIpc) is 2.66. The molecule has 146 valence electrons. The van der Waals surface area contributed by atoms with Crippen molar-refractivity contribution in [2.45, 2.75) is 18.6 Å². The summed E-state index contributed by atoms with van der Waals surface area (Å²) >= 11 is 0. The Morgan fingerprint density at radius 3 is 1.96 bits per heavy atom. The van der Waals surface area contributed by atoms with E-state index in [-0.39, 0.29) is 18.4 Å². The molecule has 27 heavy (non-hydrogen) atoms. The molecule has 0 radical (unpaired) electrons. The monoisotopic (exact) mass is 396 g/mol. The van der Waals surface area contributed by atoms with E-state index in [9.17, 15) is 13.2 Å². The lowest BCUT2D eigenvalue weighted by atomic mass is 9.97. The third kappa shape index (κ3) is 5.34. The van der Waals surface area contributed by atoms with Crippen molar-refractivity contribution in [3.05, 3.63) is 72.3 Å². The first-order valence-corrected chi connectivity index (χ1v) is 8.82. The summed E-state index contributed by atoms with van der Waals surface area (Å²) in [7, 11) is 0. The summed E-state index contributed by atoms with van der Waals surface area (Å²) in [5.41, 5.74) is 2.29. The van der Waals surface area contributed by atoms with Crippen LogP contribution in [0.2, 0.25) is 0 Å². The number of benzene rings is 2. The molecule has 0 aliphatic carbocycles. The molecule has 1 saturated heterocycles. The zero-order valence-electron chi connectivity index (χ0n) is 15.0. The van der Waals surface area contributed by atoms with Gasteiger partial charge in [-0.1, -0.05) is 42.5 Å². The van der Waals surface area contributed by atoms with Crippen LogP contribution >= 0.6 is 12.4 Å². The fourth-order valence-electron chi connectivity index (χ4n) is 3.40. The van der Waals surface area contributed by atoms with Gasteiger partial charge in [-0.3, -0.25) is 4.90 Å². The van der Waals surface area contributed by atoms with Crippen molar-refractivity contribution < 1.29 is 13.2 Å². The second-order valence-corrected chi connectivity index (χ2v) is 6.52. The highest BCUT2D eigenvalue weighted by molar-refractivity contribution is 5.85. The Hall–Kier alpha value is -1.82. The molecule has 1 aliphatic heterocycles. The first-order chi connectivity index (χ1) is 12.5. The van der Waals surface area contributed by atoms with Gasteiger partial charge in [0.15, 0.2) is 0 Å². The van der Waals surface area contributed by atoms with Crippen molar-refractivity contribution in [3.8, 4) is 11.1 Å². The molecule has 1 heterocycles. The van der Waals surface area contributed by atoms with Crippen LogP contribution in [0.3, 0.4) is 0 Å². The Labute approximate surface area is 164 Å². The molecule has 0 bridgehead atoms. The highest BCUT2D eigenvalue weighted by Gasteiger charge is 2.30. The van der Waals surface area contributed by atoms with Gasteiger partial charge in [0, 0.05) is 32.2 Å². The van der Waals surface area contributed by atoms with Crippen LogP contribution in [0.1, 0.15) is 23.6 Å². The van der Waals surface area contributed by atoms with E-state index in [1.54, 1.807) is 0 Å². The van der Waals surface area contributed by atoms with Crippen molar-refractivity contribution >= 4 is 12.4 Å². The van der Waals surface area contributed by atoms with Crippen LogP contribution in [0.5, 0.6) is 0 Å². The van der Waals surface area contributed by atoms with Crippen LogP contribution in [0.4, 0.5) is 13.2 Å². The number of hydrogen-bond donors (Lipinski definition) is 1. The molecule has 0 unspecified atom stereocenters. The van der Waals surface area contributed by atoms with Crippen molar-refractivity contribution in [1.82, 2.24) is 10.2 Å². The first-order valence-electron chi connectivity index (χ1n) is 8.82. The van der Waals surface area contributed by atoms with Crippen LogP contribution in [0, 0.1) is 0 Å².